The summed E-state index contributed by atoms with van der Waals surface area (Å²) in [4.78, 5) is 13.8. The van der Waals surface area contributed by atoms with E-state index < -0.39 is 5.41 Å². The van der Waals surface area contributed by atoms with Crippen LogP contribution in [0.15, 0.2) is 48.0 Å². The quantitative estimate of drug-likeness (QED) is 0.407. The summed E-state index contributed by atoms with van der Waals surface area (Å²) in [5, 5.41) is 0. The molecule has 2 saturated carbocycles. The SMILES string of the molecule is CCOC(=O)C1(c2cc3c(cc2OC)CCC2C3CCC3(C)C(OC)CCC23)C(C)=C1c1ccccc1. The van der Waals surface area contributed by atoms with Gasteiger partial charge in [0.1, 0.15) is 11.2 Å². The topological polar surface area (TPSA) is 44.8 Å². The third-order valence-electron chi connectivity index (χ3n) is 10.5. The Bertz CT molecular complexity index is 1250. The lowest BCUT2D eigenvalue weighted by Gasteiger charge is -2.50. The van der Waals surface area contributed by atoms with Crippen LogP contribution >= 0.6 is 0 Å². The second-order valence-electron chi connectivity index (χ2n) is 11.8. The molecule has 0 spiro atoms. The first-order valence-corrected chi connectivity index (χ1v) is 14.1. The molecule has 196 valence electrons. The van der Waals surface area contributed by atoms with Crippen molar-refractivity contribution >= 4 is 11.5 Å². The fourth-order valence-electron chi connectivity index (χ4n) is 8.78. The van der Waals surface area contributed by atoms with E-state index in [1.54, 1.807) is 7.11 Å². The van der Waals surface area contributed by atoms with E-state index in [2.05, 4.69) is 38.1 Å². The Hall–Kier alpha value is -2.59. The first-order valence-electron chi connectivity index (χ1n) is 14.1. The molecule has 0 radical (unpaired) electrons. The molecule has 0 N–H and O–H groups in total. The molecule has 2 aromatic carbocycles. The number of methoxy groups -OCH3 is 2. The molecule has 6 atom stereocenters. The fraction of sp³-hybridized carbons (Fsp3) is 0.545. The van der Waals surface area contributed by atoms with Crippen molar-refractivity contribution in [2.75, 3.05) is 20.8 Å². The highest BCUT2D eigenvalue weighted by atomic mass is 16.5. The molecular formula is C33H40O4. The number of carbonyl (C=O) groups excluding carboxylic acids is 1. The van der Waals surface area contributed by atoms with Crippen LogP contribution in [0.25, 0.3) is 5.57 Å². The van der Waals surface area contributed by atoms with Gasteiger partial charge in [0.15, 0.2) is 0 Å². The second kappa shape index (κ2) is 9.01. The molecule has 0 bridgehead atoms. The Labute approximate surface area is 221 Å². The molecule has 2 fully saturated rings. The highest BCUT2D eigenvalue weighted by Crippen LogP contribution is 2.65. The smallest absolute Gasteiger partial charge is 0.325 e. The predicted octanol–water partition coefficient (Wildman–Crippen LogP) is 6.85. The number of carbonyl (C=O) groups is 1. The van der Waals surface area contributed by atoms with E-state index in [4.69, 9.17) is 14.2 Å². The van der Waals surface area contributed by atoms with E-state index in [0.717, 1.165) is 34.4 Å². The molecule has 0 aromatic heterocycles. The van der Waals surface area contributed by atoms with Crippen LogP contribution in [0.5, 0.6) is 5.75 Å². The standard InChI is InChI=1S/C33H40O4/c1-6-37-31(34)33(20(2)30(33)21-10-8-7-9-11-21)27-19-25-22(18-28(27)35-4)12-13-24-23(25)16-17-32(3)26(24)14-15-29(32)36-5/h7-11,18-19,23-24,26,29H,6,12-17H2,1-5H3. The summed E-state index contributed by atoms with van der Waals surface area (Å²) in [7, 11) is 3.62. The molecule has 4 heteroatoms. The minimum Gasteiger partial charge on any atom is -0.496 e. The van der Waals surface area contributed by atoms with Gasteiger partial charge in [0, 0.05) is 12.7 Å². The van der Waals surface area contributed by atoms with Gasteiger partial charge in [-0.05, 0) is 116 Å². The average molecular weight is 501 g/mol. The van der Waals surface area contributed by atoms with Crippen molar-refractivity contribution < 1.29 is 19.0 Å². The van der Waals surface area contributed by atoms with Crippen molar-refractivity contribution in [3.8, 4) is 5.75 Å². The van der Waals surface area contributed by atoms with Gasteiger partial charge in [-0.15, -0.1) is 0 Å². The van der Waals surface area contributed by atoms with Crippen molar-refractivity contribution in [1.29, 1.82) is 0 Å². The van der Waals surface area contributed by atoms with Crippen LogP contribution in [-0.2, 0) is 26.1 Å². The van der Waals surface area contributed by atoms with E-state index in [1.807, 2.05) is 32.2 Å². The fourth-order valence-corrected chi connectivity index (χ4v) is 8.78. The van der Waals surface area contributed by atoms with Crippen molar-refractivity contribution in [2.45, 2.75) is 76.7 Å². The maximum Gasteiger partial charge on any atom is 0.325 e. The van der Waals surface area contributed by atoms with Crippen LogP contribution in [0.1, 0.15) is 81.0 Å². The Balaban J connectivity index is 1.45. The van der Waals surface area contributed by atoms with Gasteiger partial charge in [-0.2, -0.15) is 0 Å². The summed E-state index contributed by atoms with van der Waals surface area (Å²) in [5.74, 6) is 2.52. The van der Waals surface area contributed by atoms with Gasteiger partial charge in [-0.25, -0.2) is 0 Å². The molecule has 4 nitrogen and oxygen atoms in total. The summed E-state index contributed by atoms with van der Waals surface area (Å²) >= 11 is 0. The summed E-state index contributed by atoms with van der Waals surface area (Å²) in [6.07, 6.45) is 7.50. The lowest BCUT2D eigenvalue weighted by Crippen LogP contribution is -2.44. The molecular weight excluding hydrogens is 460 g/mol. The van der Waals surface area contributed by atoms with Crippen molar-refractivity contribution in [2.24, 2.45) is 17.3 Å². The number of fused-ring (bicyclic) bond motifs is 5. The molecule has 0 amide bonds. The molecule has 6 rings (SSSR count). The summed E-state index contributed by atoms with van der Waals surface area (Å²) in [6.45, 7) is 6.79. The number of benzene rings is 2. The Morgan fingerprint density at radius 2 is 1.84 bits per heavy atom. The van der Waals surface area contributed by atoms with Gasteiger partial charge in [0.25, 0.3) is 0 Å². The van der Waals surface area contributed by atoms with Gasteiger partial charge < -0.3 is 14.2 Å². The van der Waals surface area contributed by atoms with E-state index >= 15 is 0 Å². The lowest BCUT2D eigenvalue weighted by molar-refractivity contribution is -0.145. The third kappa shape index (κ3) is 3.40. The Morgan fingerprint density at radius 3 is 2.54 bits per heavy atom. The first-order chi connectivity index (χ1) is 17.9. The summed E-state index contributed by atoms with van der Waals surface area (Å²) < 4.78 is 17.7. The molecule has 2 aromatic rings. The zero-order valence-electron chi connectivity index (χ0n) is 22.9. The highest BCUT2D eigenvalue weighted by molar-refractivity contribution is 6.15. The minimum atomic E-state index is -0.873. The summed E-state index contributed by atoms with van der Waals surface area (Å²) in [5.41, 5.74) is 6.40. The van der Waals surface area contributed by atoms with Crippen molar-refractivity contribution in [1.82, 2.24) is 0 Å². The monoisotopic (exact) mass is 500 g/mol. The largest absolute Gasteiger partial charge is 0.496 e. The zero-order chi connectivity index (χ0) is 25.9. The summed E-state index contributed by atoms with van der Waals surface area (Å²) in [6, 6.07) is 14.8. The van der Waals surface area contributed by atoms with Crippen molar-refractivity contribution in [3.05, 3.63) is 70.3 Å². The van der Waals surface area contributed by atoms with Gasteiger partial charge in [-0.3, -0.25) is 4.79 Å². The molecule has 4 aliphatic rings. The lowest BCUT2D eigenvalue weighted by atomic mass is 9.55. The van der Waals surface area contributed by atoms with Gasteiger partial charge >= 0.3 is 5.97 Å². The maximum atomic E-state index is 13.8. The maximum absolute atomic E-state index is 13.8. The Kier molecular flexibility index (Phi) is 6.02. The molecule has 0 heterocycles. The second-order valence-corrected chi connectivity index (χ2v) is 11.8. The Morgan fingerprint density at radius 1 is 1.05 bits per heavy atom. The van der Waals surface area contributed by atoms with E-state index in [1.165, 1.54) is 43.2 Å². The first kappa shape index (κ1) is 24.7. The number of hydrogen-bond acceptors (Lipinski definition) is 4. The molecule has 0 aliphatic heterocycles. The predicted molar refractivity (Wildman–Crippen MR) is 146 cm³/mol. The van der Waals surface area contributed by atoms with E-state index in [-0.39, 0.29) is 11.4 Å². The van der Waals surface area contributed by atoms with Gasteiger partial charge in [0.2, 0.25) is 0 Å². The third-order valence-corrected chi connectivity index (χ3v) is 10.5. The zero-order valence-corrected chi connectivity index (χ0v) is 22.9. The number of rotatable bonds is 6. The van der Waals surface area contributed by atoms with Gasteiger partial charge in [-0.1, -0.05) is 37.3 Å². The highest BCUT2D eigenvalue weighted by Gasteiger charge is 2.62. The van der Waals surface area contributed by atoms with Crippen LogP contribution in [0.2, 0.25) is 0 Å². The van der Waals surface area contributed by atoms with Crippen LogP contribution < -0.4 is 4.74 Å². The normalized spacial score (nSPS) is 33.9. The number of ether oxygens (including phenoxy) is 3. The number of aryl methyl sites for hydroxylation is 1. The molecule has 0 saturated heterocycles. The number of hydrogen-bond donors (Lipinski definition) is 0. The van der Waals surface area contributed by atoms with Gasteiger partial charge in [0.05, 0.1) is 19.8 Å². The van der Waals surface area contributed by atoms with Crippen molar-refractivity contribution in [3.63, 3.8) is 0 Å². The van der Waals surface area contributed by atoms with E-state index in [0.29, 0.717) is 30.5 Å². The average Bonchev–Trinajstić information content (AvgIpc) is 3.39. The van der Waals surface area contributed by atoms with Crippen LogP contribution in [0.3, 0.4) is 0 Å². The van der Waals surface area contributed by atoms with Crippen LogP contribution in [0.4, 0.5) is 0 Å². The number of esters is 1. The van der Waals surface area contributed by atoms with Crippen LogP contribution in [-0.4, -0.2) is 32.9 Å². The minimum absolute atomic E-state index is 0.188. The molecule has 4 aliphatic carbocycles. The molecule has 37 heavy (non-hydrogen) atoms. The molecule has 6 unspecified atom stereocenters. The van der Waals surface area contributed by atoms with E-state index in [9.17, 15) is 4.79 Å². The van der Waals surface area contributed by atoms with Crippen LogP contribution in [0, 0.1) is 17.3 Å².